The minimum atomic E-state index is -0.291. The van der Waals surface area contributed by atoms with Gasteiger partial charge < -0.3 is 0 Å². The fourth-order valence-corrected chi connectivity index (χ4v) is 1.60. The van der Waals surface area contributed by atoms with Gasteiger partial charge in [0.2, 0.25) is 0 Å². The van der Waals surface area contributed by atoms with Crippen LogP contribution in [0.25, 0.3) is 0 Å². The van der Waals surface area contributed by atoms with Crippen LogP contribution < -0.4 is 11.3 Å². The molecule has 2 rings (SSSR count). The molecule has 0 aromatic carbocycles. The number of aromatic nitrogens is 1. The van der Waals surface area contributed by atoms with E-state index in [4.69, 9.17) is 5.84 Å². The van der Waals surface area contributed by atoms with Crippen molar-refractivity contribution in [3.8, 4) is 0 Å². The van der Waals surface area contributed by atoms with Crippen LogP contribution in [-0.4, -0.2) is 10.9 Å². The first kappa shape index (κ1) is 9.61. The zero-order valence-electron chi connectivity index (χ0n) is 8.05. The molecule has 0 saturated carbocycles. The van der Waals surface area contributed by atoms with E-state index in [0.29, 0.717) is 5.56 Å². The standard InChI is InChI=1S/C11H11N3O/c12-14-11(15)9-5-6-13-7-10(9)8-3-1-2-4-8/h1-8H,12H2,(H,14,15). The number of amides is 1. The van der Waals surface area contributed by atoms with Gasteiger partial charge in [-0.25, -0.2) is 5.84 Å². The minimum absolute atomic E-state index is 0.117. The molecule has 76 valence electrons. The Morgan fingerprint density at radius 3 is 2.80 bits per heavy atom. The lowest BCUT2D eigenvalue weighted by Gasteiger charge is -2.10. The van der Waals surface area contributed by atoms with Crippen molar-refractivity contribution >= 4 is 5.91 Å². The molecule has 1 aliphatic rings. The van der Waals surface area contributed by atoms with Crippen LogP contribution in [0.4, 0.5) is 0 Å². The van der Waals surface area contributed by atoms with E-state index in [2.05, 4.69) is 10.4 Å². The summed E-state index contributed by atoms with van der Waals surface area (Å²) in [7, 11) is 0. The summed E-state index contributed by atoms with van der Waals surface area (Å²) in [5.41, 5.74) is 3.56. The van der Waals surface area contributed by atoms with E-state index in [-0.39, 0.29) is 11.8 Å². The largest absolute Gasteiger partial charge is 0.290 e. The first-order chi connectivity index (χ1) is 7.33. The van der Waals surface area contributed by atoms with Gasteiger partial charge in [0.15, 0.2) is 0 Å². The zero-order chi connectivity index (χ0) is 10.7. The second-order valence-corrected chi connectivity index (χ2v) is 3.23. The second-order valence-electron chi connectivity index (χ2n) is 3.23. The fourth-order valence-electron chi connectivity index (χ4n) is 1.60. The average Bonchev–Trinajstić information content (AvgIpc) is 2.81. The Labute approximate surface area is 87.5 Å². The van der Waals surface area contributed by atoms with Crippen LogP contribution in [0.5, 0.6) is 0 Å². The highest BCUT2D eigenvalue weighted by atomic mass is 16.2. The van der Waals surface area contributed by atoms with Crippen molar-refractivity contribution in [2.75, 3.05) is 0 Å². The first-order valence-electron chi connectivity index (χ1n) is 4.63. The van der Waals surface area contributed by atoms with E-state index < -0.39 is 0 Å². The lowest BCUT2D eigenvalue weighted by atomic mass is 9.97. The van der Waals surface area contributed by atoms with Crippen LogP contribution in [0.15, 0.2) is 42.8 Å². The van der Waals surface area contributed by atoms with Crippen LogP contribution in [-0.2, 0) is 0 Å². The Morgan fingerprint density at radius 1 is 1.40 bits per heavy atom. The van der Waals surface area contributed by atoms with E-state index >= 15 is 0 Å². The smallest absolute Gasteiger partial charge is 0.265 e. The van der Waals surface area contributed by atoms with E-state index in [1.54, 1.807) is 18.5 Å². The molecule has 4 nitrogen and oxygen atoms in total. The van der Waals surface area contributed by atoms with E-state index in [1.807, 2.05) is 24.3 Å². The quantitative estimate of drug-likeness (QED) is 0.424. The lowest BCUT2D eigenvalue weighted by Crippen LogP contribution is -2.31. The van der Waals surface area contributed by atoms with E-state index in [0.717, 1.165) is 5.56 Å². The van der Waals surface area contributed by atoms with Crippen LogP contribution >= 0.6 is 0 Å². The highest BCUT2D eigenvalue weighted by Gasteiger charge is 2.16. The number of rotatable bonds is 2. The van der Waals surface area contributed by atoms with Gasteiger partial charge in [0.1, 0.15) is 0 Å². The highest BCUT2D eigenvalue weighted by Crippen LogP contribution is 2.25. The summed E-state index contributed by atoms with van der Waals surface area (Å²) in [5, 5.41) is 0. The number of nitrogens with zero attached hydrogens (tertiary/aromatic N) is 1. The third kappa shape index (κ3) is 1.80. The lowest BCUT2D eigenvalue weighted by molar-refractivity contribution is 0.0952. The number of allylic oxidation sites excluding steroid dienone is 4. The molecular formula is C11H11N3O. The highest BCUT2D eigenvalue weighted by molar-refractivity contribution is 5.95. The molecule has 1 aromatic heterocycles. The van der Waals surface area contributed by atoms with Crippen molar-refractivity contribution in [2.24, 2.45) is 5.84 Å². The molecule has 0 unspecified atom stereocenters. The topological polar surface area (TPSA) is 68.0 Å². The second kappa shape index (κ2) is 4.06. The number of nitrogens with one attached hydrogen (secondary N) is 1. The van der Waals surface area contributed by atoms with Gasteiger partial charge in [0, 0.05) is 23.9 Å². The molecule has 3 N–H and O–H groups in total. The molecular weight excluding hydrogens is 190 g/mol. The summed E-state index contributed by atoms with van der Waals surface area (Å²) in [5.74, 6) is 4.94. The molecule has 0 radical (unpaired) electrons. The average molecular weight is 201 g/mol. The number of hydrogen-bond donors (Lipinski definition) is 2. The molecule has 1 amide bonds. The number of nitrogen functional groups attached to an aromatic ring is 1. The predicted octanol–water partition coefficient (Wildman–Crippen LogP) is 0.895. The Kier molecular flexibility index (Phi) is 2.60. The van der Waals surface area contributed by atoms with Crippen molar-refractivity contribution in [3.63, 3.8) is 0 Å². The molecule has 1 heterocycles. The van der Waals surface area contributed by atoms with Gasteiger partial charge in [-0.15, -0.1) is 0 Å². The third-order valence-electron chi connectivity index (χ3n) is 2.33. The maximum absolute atomic E-state index is 11.5. The normalized spacial score (nSPS) is 14.5. The molecule has 0 aliphatic heterocycles. The number of hydrogen-bond acceptors (Lipinski definition) is 3. The summed E-state index contributed by atoms with van der Waals surface area (Å²) in [4.78, 5) is 15.5. The molecule has 1 aliphatic carbocycles. The molecule has 0 saturated heterocycles. The molecule has 15 heavy (non-hydrogen) atoms. The maximum Gasteiger partial charge on any atom is 0.265 e. The molecule has 4 heteroatoms. The van der Waals surface area contributed by atoms with Gasteiger partial charge in [0.05, 0.1) is 0 Å². The maximum atomic E-state index is 11.5. The Bertz CT molecular complexity index is 425. The fraction of sp³-hybridized carbons (Fsp3) is 0.0909. The van der Waals surface area contributed by atoms with Gasteiger partial charge >= 0.3 is 0 Å². The Balaban J connectivity index is 2.42. The number of hydrazine groups is 1. The zero-order valence-corrected chi connectivity index (χ0v) is 8.05. The molecule has 0 spiro atoms. The van der Waals surface area contributed by atoms with Crippen molar-refractivity contribution in [1.29, 1.82) is 0 Å². The molecule has 0 fully saturated rings. The Hall–Kier alpha value is -1.94. The summed E-state index contributed by atoms with van der Waals surface area (Å²) < 4.78 is 0. The number of carbonyl (C=O) groups excluding carboxylic acids is 1. The van der Waals surface area contributed by atoms with Gasteiger partial charge in [-0.3, -0.25) is 15.2 Å². The minimum Gasteiger partial charge on any atom is -0.290 e. The summed E-state index contributed by atoms with van der Waals surface area (Å²) >= 11 is 0. The van der Waals surface area contributed by atoms with Crippen molar-refractivity contribution in [1.82, 2.24) is 10.4 Å². The van der Waals surface area contributed by atoms with Crippen LogP contribution in [0, 0.1) is 0 Å². The van der Waals surface area contributed by atoms with Crippen LogP contribution in [0.1, 0.15) is 21.8 Å². The number of pyridine rings is 1. The van der Waals surface area contributed by atoms with E-state index in [1.165, 1.54) is 0 Å². The SMILES string of the molecule is NNC(=O)c1ccncc1C1C=CC=C1. The predicted molar refractivity (Wildman–Crippen MR) is 56.9 cm³/mol. The summed E-state index contributed by atoms with van der Waals surface area (Å²) in [6.07, 6.45) is 11.2. The first-order valence-corrected chi connectivity index (χ1v) is 4.63. The van der Waals surface area contributed by atoms with Gasteiger partial charge in [-0.05, 0) is 11.6 Å². The number of nitrogens with two attached hydrogens (primary N) is 1. The summed E-state index contributed by atoms with van der Waals surface area (Å²) in [6, 6.07) is 1.66. The van der Waals surface area contributed by atoms with Gasteiger partial charge in [-0.1, -0.05) is 24.3 Å². The van der Waals surface area contributed by atoms with Gasteiger partial charge in [0.25, 0.3) is 5.91 Å². The van der Waals surface area contributed by atoms with Crippen molar-refractivity contribution < 1.29 is 4.79 Å². The summed E-state index contributed by atoms with van der Waals surface area (Å²) in [6.45, 7) is 0. The number of carbonyl (C=O) groups is 1. The van der Waals surface area contributed by atoms with Gasteiger partial charge in [-0.2, -0.15) is 0 Å². The molecule has 1 aromatic rings. The van der Waals surface area contributed by atoms with Crippen LogP contribution in [0.2, 0.25) is 0 Å². The monoisotopic (exact) mass is 201 g/mol. The third-order valence-corrected chi connectivity index (χ3v) is 2.33. The van der Waals surface area contributed by atoms with Crippen molar-refractivity contribution in [2.45, 2.75) is 5.92 Å². The Morgan fingerprint density at radius 2 is 2.13 bits per heavy atom. The van der Waals surface area contributed by atoms with E-state index in [9.17, 15) is 4.79 Å². The molecule has 0 atom stereocenters. The van der Waals surface area contributed by atoms with Crippen LogP contribution in [0.3, 0.4) is 0 Å². The molecule has 0 bridgehead atoms. The van der Waals surface area contributed by atoms with Crippen molar-refractivity contribution in [3.05, 3.63) is 53.9 Å².